The van der Waals surface area contributed by atoms with Gasteiger partial charge in [0.15, 0.2) is 0 Å². The van der Waals surface area contributed by atoms with E-state index in [-0.39, 0.29) is 0 Å². The third-order valence-electron chi connectivity index (χ3n) is 6.64. The maximum absolute atomic E-state index is 3.60. The minimum Gasteiger partial charge on any atom is -0.309 e. The maximum Gasteiger partial charge on any atom is 0.0641 e. The SMILES string of the molecule is Brc1ccc(-n2c3ccccc3c3c2ccc2c4ccccc4n(-c4ccc(Br)cc4)c23)cc1. The highest BCUT2D eigenvalue weighted by molar-refractivity contribution is 9.10. The first-order chi connectivity index (χ1) is 16.7. The normalized spacial score (nSPS) is 11.8. The van der Waals surface area contributed by atoms with Gasteiger partial charge in [-0.1, -0.05) is 74.3 Å². The number of nitrogens with zero attached hydrogens (tertiary/aromatic N) is 2. The van der Waals surface area contributed by atoms with E-state index < -0.39 is 0 Å². The molecule has 5 aromatic carbocycles. The highest BCUT2D eigenvalue weighted by atomic mass is 79.9. The van der Waals surface area contributed by atoms with E-state index in [4.69, 9.17) is 0 Å². The van der Waals surface area contributed by atoms with Crippen LogP contribution in [-0.4, -0.2) is 9.13 Å². The van der Waals surface area contributed by atoms with Gasteiger partial charge in [-0.3, -0.25) is 0 Å². The largest absolute Gasteiger partial charge is 0.309 e. The van der Waals surface area contributed by atoms with E-state index in [2.05, 4.69) is 150 Å². The lowest BCUT2D eigenvalue weighted by Crippen LogP contribution is -1.95. The standard InChI is InChI=1S/C30H18Br2N2/c31-19-9-13-21(14-10-19)33-27-8-4-2-6-25(27)29-28(33)18-17-24-23-5-1-3-7-26(23)34(30(24)29)22-15-11-20(32)12-16-22/h1-18H. The molecular weight excluding hydrogens is 548 g/mol. The van der Waals surface area contributed by atoms with Gasteiger partial charge in [-0.05, 0) is 66.7 Å². The van der Waals surface area contributed by atoms with Gasteiger partial charge in [0.05, 0.1) is 22.1 Å². The zero-order valence-corrected chi connectivity index (χ0v) is 21.2. The highest BCUT2D eigenvalue weighted by Crippen LogP contribution is 2.41. The number of aromatic nitrogens is 2. The molecule has 0 saturated heterocycles. The van der Waals surface area contributed by atoms with Crippen molar-refractivity contribution >= 4 is 75.5 Å². The summed E-state index contributed by atoms with van der Waals surface area (Å²) in [7, 11) is 0. The van der Waals surface area contributed by atoms with Crippen molar-refractivity contribution in [2.45, 2.75) is 0 Å². The molecule has 4 heteroatoms. The van der Waals surface area contributed by atoms with Crippen molar-refractivity contribution in [2.24, 2.45) is 0 Å². The average molecular weight is 566 g/mol. The molecule has 0 aliphatic heterocycles. The Morgan fingerprint density at radius 2 is 0.941 bits per heavy atom. The zero-order valence-electron chi connectivity index (χ0n) is 18.0. The quantitative estimate of drug-likeness (QED) is 0.197. The van der Waals surface area contributed by atoms with E-state index in [1.165, 1.54) is 43.6 Å². The average Bonchev–Trinajstić information content (AvgIpc) is 3.38. The van der Waals surface area contributed by atoms with Crippen LogP contribution in [0.4, 0.5) is 0 Å². The van der Waals surface area contributed by atoms with Gasteiger partial charge in [0.25, 0.3) is 0 Å². The molecule has 0 bridgehead atoms. The molecule has 0 amide bonds. The molecule has 2 nitrogen and oxygen atoms in total. The molecule has 0 unspecified atom stereocenters. The lowest BCUT2D eigenvalue weighted by molar-refractivity contribution is 1.17. The zero-order chi connectivity index (χ0) is 22.8. The van der Waals surface area contributed by atoms with Gasteiger partial charge >= 0.3 is 0 Å². The van der Waals surface area contributed by atoms with Gasteiger partial charge in [0, 0.05) is 41.9 Å². The molecule has 7 aromatic rings. The van der Waals surface area contributed by atoms with Crippen LogP contribution < -0.4 is 0 Å². The van der Waals surface area contributed by atoms with Gasteiger partial charge in [-0.15, -0.1) is 0 Å². The summed E-state index contributed by atoms with van der Waals surface area (Å²) < 4.78 is 6.95. The van der Waals surface area contributed by atoms with Crippen molar-refractivity contribution in [3.63, 3.8) is 0 Å². The predicted octanol–water partition coefficient (Wildman–Crippen LogP) is 9.41. The first kappa shape index (κ1) is 20.1. The Hall–Kier alpha value is -3.34. The molecule has 34 heavy (non-hydrogen) atoms. The Balaban J connectivity index is 1.73. The van der Waals surface area contributed by atoms with Crippen LogP contribution in [0.2, 0.25) is 0 Å². The van der Waals surface area contributed by atoms with Crippen LogP contribution in [0.15, 0.2) is 118 Å². The van der Waals surface area contributed by atoms with Crippen LogP contribution in [0.1, 0.15) is 0 Å². The fraction of sp³-hybridized carbons (Fsp3) is 0. The summed E-state index contributed by atoms with van der Waals surface area (Å²) in [4.78, 5) is 0. The Bertz CT molecular complexity index is 1860. The number of rotatable bonds is 2. The van der Waals surface area contributed by atoms with E-state index >= 15 is 0 Å². The Labute approximate surface area is 213 Å². The Morgan fingerprint density at radius 1 is 0.412 bits per heavy atom. The van der Waals surface area contributed by atoms with Crippen molar-refractivity contribution in [3.05, 3.63) is 118 Å². The molecule has 0 fully saturated rings. The molecule has 0 aliphatic rings. The lowest BCUT2D eigenvalue weighted by Gasteiger charge is -2.10. The van der Waals surface area contributed by atoms with E-state index in [0.717, 1.165) is 20.3 Å². The molecule has 0 N–H and O–H groups in total. The summed E-state index contributed by atoms with van der Waals surface area (Å²) in [6.07, 6.45) is 0. The van der Waals surface area contributed by atoms with Crippen molar-refractivity contribution < 1.29 is 0 Å². The number of fused-ring (bicyclic) bond motifs is 7. The van der Waals surface area contributed by atoms with Gasteiger partial charge in [-0.25, -0.2) is 0 Å². The number of hydrogen-bond donors (Lipinski definition) is 0. The smallest absolute Gasteiger partial charge is 0.0641 e. The van der Waals surface area contributed by atoms with Crippen molar-refractivity contribution in [1.29, 1.82) is 0 Å². The van der Waals surface area contributed by atoms with Crippen molar-refractivity contribution in [3.8, 4) is 11.4 Å². The van der Waals surface area contributed by atoms with E-state index in [1.54, 1.807) is 0 Å². The second kappa shape index (κ2) is 7.59. The summed E-state index contributed by atoms with van der Waals surface area (Å²) in [5.41, 5.74) is 7.18. The molecular formula is C30H18Br2N2. The number of benzene rings is 5. The van der Waals surface area contributed by atoms with Crippen molar-refractivity contribution in [1.82, 2.24) is 9.13 Å². The summed E-state index contributed by atoms with van der Waals surface area (Å²) in [5, 5.41) is 5.06. The molecule has 2 aromatic heterocycles. The van der Waals surface area contributed by atoms with Gasteiger partial charge in [0.1, 0.15) is 0 Å². The summed E-state index contributed by atoms with van der Waals surface area (Å²) in [5.74, 6) is 0. The molecule has 0 spiro atoms. The van der Waals surface area contributed by atoms with Crippen molar-refractivity contribution in [2.75, 3.05) is 0 Å². The molecule has 7 rings (SSSR count). The molecule has 0 aliphatic carbocycles. The van der Waals surface area contributed by atoms with Gasteiger partial charge in [-0.2, -0.15) is 0 Å². The van der Waals surface area contributed by atoms with Crippen LogP contribution in [0.3, 0.4) is 0 Å². The Morgan fingerprint density at radius 3 is 1.59 bits per heavy atom. The van der Waals surface area contributed by atoms with Crippen LogP contribution in [0.25, 0.3) is 55.0 Å². The third kappa shape index (κ3) is 2.85. The van der Waals surface area contributed by atoms with Crippen LogP contribution >= 0.6 is 31.9 Å². The number of halogens is 2. The molecule has 0 saturated carbocycles. The number of para-hydroxylation sites is 2. The number of hydrogen-bond acceptors (Lipinski definition) is 0. The van der Waals surface area contributed by atoms with E-state index in [1.807, 2.05) is 0 Å². The van der Waals surface area contributed by atoms with Crippen LogP contribution in [-0.2, 0) is 0 Å². The molecule has 0 radical (unpaired) electrons. The van der Waals surface area contributed by atoms with E-state index in [0.29, 0.717) is 0 Å². The second-order valence-electron chi connectivity index (χ2n) is 8.51. The predicted molar refractivity (Wildman–Crippen MR) is 151 cm³/mol. The second-order valence-corrected chi connectivity index (χ2v) is 10.3. The minimum absolute atomic E-state index is 1.08. The highest BCUT2D eigenvalue weighted by Gasteiger charge is 2.20. The topological polar surface area (TPSA) is 9.86 Å². The van der Waals surface area contributed by atoms with E-state index in [9.17, 15) is 0 Å². The Kier molecular flexibility index (Phi) is 4.48. The first-order valence-electron chi connectivity index (χ1n) is 11.2. The van der Waals surface area contributed by atoms with Crippen LogP contribution in [0.5, 0.6) is 0 Å². The summed E-state index contributed by atoms with van der Waals surface area (Å²) >= 11 is 7.18. The summed E-state index contributed by atoms with van der Waals surface area (Å²) in [6.45, 7) is 0. The fourth-order valence-corrected chi connectivity index (χ4v) is 5.76. The fourth-order valence-electron chi connectivity index (χ4n) is 5.24. The molecule has 162 valence electrons. The molecule has 2 heterocycles. The summed E-state index contributed by atoms with van der Waals surface area (Å²) in [6, 6.07) is 39.1. The van der Waals surface area contributed by atoms with Gasteiger partial charge in [0.2, 0.25) is 0 Å². The van der Waals surface area contributed by atoms with Crippen LogP contribution in [0, 0.1) is 0 Å². The third-order valence-corrected chi connectivity index (χ3v) is 7.70. The lowest BCUT2D eigenvalue weighted by atomic mass is 10.1. The monoisotopic (exact) mass is 564 g/mol. The maximum atomic E-state index is 3.60. The minimum atomic E-state index is 1.08. The first-order valence-corrected chi connectivity index (χ1v) is 12.8. The molecule has 0 atom stereocenters. The van der Waals surface area contributed by atoms with Gasteiger partial charge < -0.3 is 9.13 Å².